The highest BCUT2D eigenvalue weighted by Gasteiger charge is 2.43. The van der Waals surface area contributed by atoms with Crippen molar-refractivity contribution in [2.24, 2.45) is 0 Å². The van der Waals surface area contributed by atoms with Crippen molar-refractivity contribution in [3.63, 3.8) is 0 Å². The number of ether oxygens (including phenoxy) is 6. The Labute approximate surface area is 639 Å². The standard InChI is InChI=1S/C50H52I12N6O14/c1-21(69)65-43-35(57)31(47(71)72)37(59)45(39(43)61)67(5,6)27(82-50(76)30-24(52)19-26(54)42(64-4)34(30)56)10-13-78-14-15-79-20-28(68(7,8)46-38(60)32(48(73)74)36(58)44(40(46)62)66-22(2)70)80-17-16-77-11-9-12-81-49(75)29-23(51)18-25(53)41(63-3)33(29)55/h18-19,27-28,63-64H,9-17,20H2,1-8H3,(H2-2,65,66,69,70,71,72,73,74)/p+2. The Morgan fingerprint density at radius 3 is 1.32 bits per heavy atom. The van der Waals surface area contributed by atoms with E-state index in [9.17, 15) is 39.0 Å². The number of carboxylic acid groups (broad SMARTS) is 2. The Morgan fingerprint density at radius 2 is 0.878 bits per heavy atom. The van der Waals surface area contributed by atoms with Gasteiger partial charge in [-0.3, -0.25) is 18.6 Å². The number of esters is 2. The molecule has 450 valence electrons. The smallest absolute Gasteiger partial charge is 0.344 e. The fourth-order valence-electron chi connectivity index (χ4n) is 8.01. The van der Waals surface area contributed by atoms with Crippen LogP contribution in [0.2, 0.25) is 0 Å². The Morgan fingerprint density at radius 1 is 0.476 bits per heavy atom. The Hall–Kier alpha value is 1.82. The molecule has 0 fully saturated rings. The number of quaternary nitrogens is 2. The number of benzene rings is 4. The van der Waals surface area contributed by atoms with Crippen LogP contribution in [0.3, 0.4) is 0 Å². The van der Waals surface area contributed by atoms with Crippen molar-refractivity contribution in [2.45, 2.75) is 39.1 Å². The molecule has 0 aromatic heterocycles. The summed E-state index contributed by atoms with van der Waals surface area (Å²) < 4.78 is 44.4. The topological polar surface area (TPSA) is 246 Å². The van der Waals surface area contributed by atoms with Crippen LogP contribution in [0.5, 0.6) is 0 Å². The number of carbonyl (C=O) groups is 6. The molecule has 2 unspecified atom stereocenters. The van der Waals surface area contributed by atoms with Crippen LogP contribution in [0.1, 0.15) is 68.1 Å². The molecule has 0 spiro atoms. The highest BCUT2D eigenvalue weighted by atomic mass is 127. The first-order valence-corrected chi connectivity index (χ1v) is 36.8. The molecule has 0 saturated heterocycles. The molecular formula is C50H54I12N6O14+2. The minimum absolute atomic E-state index is 0.00793. The number of nitrogens with zero attached hydrogens (tertiary/aromatic N) is 2. The number of aromatic carboxylic acids is 2. The Bertz CT molecular complexity index is 3120. The molecule has 2 atom stereocenters. The molecule has 6 N–H and O–H groups in total. The molecule has 2 amide bonds. The molecule has 0 aliphatic heterocycles. The van der Waals surface area contributed by atoms with Gasteiger partial charge in [0, 0.05) is 55.3 Å². The normalized spacial score (nSPS) is 12.4. The fraction of sp³-hybridized carbons (Fsp3) is 0.400. The minimum Gasteiger partial charge on any atom is -0.478 e. The zero-order valence-electron chi connectivity index (χ0n) is 44.6. The Balaban J connectivity index is 1.58. The molecule has 82 heavy (non-hydrogen) atoms. The number of carbonyl (C=O) groups excluding carboxylic acids is 4. The van der Waals surface area contributed by atoms with Crippen molar-refractivity contribution < 1.29 is 67.4 Å². The van der Waals surface area contributed by atoms with Crippen molar-refractivity contribution in [1.82, 2.24) is 8.97 Å². The molecule has 4 aromatic rings. The lowest BCUT2D eigenvalue weighted by Crippen LogP contribution is -2.55. The third kappa shape index (κ3) is 19.2. The molecule has 0 saturated carbocycles. The summed E-state index contributed by atoms with van der Waals surface area (Å²) in [6, 6.07) is 3.80. The van der Waals surface area contributed by atoms with Gasteiger partial charge in [-0.25, -0.2) is 19.2 Å². The molecule has 0 aliphatic carbocycles. The van der Waals surface area contributed by atoms with Crippen molar-refractivity contribution in [3.05, 3.63) is 77.2 Å². The quantitative estimate of drug-likeness (QED) is 0.00973. The molecular weight excluding hydrogens is 2430 g/mol. The van der Waals surface area contributed by atoms with E-state index in [-0.39, 0.29) is 91.2 Å². The Kier molecular flexibility index (Phi) is 32.6. The van der Waals surface area contributed by atoms with Gasteiger partial charge in [0.25, 0.3) is 0 Å². The lowest BCUT2D eigenvalue weighted by atomic mass is 10.1. The first kappa shape index (κ1) is 76.3. The average Bonchev–Trinajstić information content (AvgIpc) is 2.13. The van der Waals surface area contributed by atoms with E-state index in [1.165, 1.54) is 13.8 Å². The van der Waals surface area contributed by atoms with Gasteiger partial charge < -0.3 is 59.9 Å². The number of nitrogens with one attached hydrogen (secondary N) is 4. The molecule has 0 bridgehead atoms. The maximum absolute atomic E-state index is 14.4. The predicted molar refractivity (Wildman–Crippen MR) is 418 cm³/mol. The summed E-state index contributed by atoms with van der Waals surface area (Å²) >= 11 is 25.1. The summed E-state index contributed by atoms with van der Waals surface area (Å²) in [6.45, 7) is 3.58. The molecule has 4 rings (SSSR count). The van der Waals surface area contributed by atoms with Gasteiger partial charge in [0.05, 0.1) is 148 Å². The van der Waals surface area contributed by atoms with Crippen LogP contribution in [0.4, 0.5) is 34.1 Å². The molecule has 4 aromatic carbocycles. The molecule has 0 heterocycles. The third-order valence-corrected chi connectivity index (χ3v) is 24.0. The van der Waals surface area contributed by atoms with E-state index >= 15 is 0 Å². The average molecular weight is 2490 g/mol. The number of hydrogen-bond donors (Lipinski definition) is 6. The lowest BCUT2D eigenvalue weighted by molar-refractivity contribution is -0.115. The van der Waals surface area contributed by atoms with Crippen LogP contribution < -0.4 is 30.2 Å². The van der Waals surface area contributed by atoms with Gasteiger partial charge >= 0.3 is 23.9 Å². The summed E-state index contributed by atoms with van der Waals surface area (Å²) in [5.41, 5.74) is 4.26. The summed E-state index contributed by atoms with van der Waals surface area (Å²) in [7, 11) is 10.9. The molecule has 0 aliphatic rings. The van der Waals surface area contributed by atoms with E-state index in [1.807, 2.05) is 131 Å². The summed E-state index contributed by atoms with van der Waals surface area (Å²) in [6.07, 6.45) is -1.17. The van der Waals surface area contributed by atoms with Crippen LogP contribution in [0.25, 0.3) is 0 Å². The van der Waals surface area contributed by atoms with Crippen LogP contribution in [0, 0.1) is 42.8 Å². The van der Waals surface area contributed by atoms with Crippen LogP contribution >= 0.6 is 271 Å². The second-order valence-electron chi connectivity index (χ2n) is 18.2. The fourth-order valence-corrected chi connectivity index (χ4v) is 27.0. The van der Waals surface area contributed by atoms with Gasteiger partial charge in [-0.1, -0.05) is 0 Å². The maximum atomic E-state index is 14.4. The predicted octanol–water partition coefficient (Wildman–Crippen LogP) is 13.4. The van der Waals surface area contributed by atoms with Gasteiger partial charge in [-0.2, -0.15) is 0 Å². The number of amides is 2. The number of halogens is 12. The van der Waals surface area contributed by atoms with Gasteiger partial charge in [0.1, 0.15) is 6.61 Å². The monoisotopic (exact) mass is 2490 g/mol. The van der Waals surface area contributed by atoms with Crippen LogP contribution in [-0.2, 0) is 38.0 Å². The van der Waals surface area contributed by atoms with Gasteiger partial charge in [0.2, 0.25) is 24.3 Å². The summed E-state index contributed by atoms with van der Waals surface area (Å²) in [5, 5.41) is 32.9. The number of likely N-dealkylation sites (N-methyl/N-ethyl adjacent to an activating group) is 1. The van der Waals surface area contributed by atoms with Crippen molar-refractivity contribution in [3.8, 4) is 0 Å². The number of rotatable bonds is 29. The van der Waals surface area contributed by atoms with E-state index in [2.05, 4.69) is 202 Å². The second-order valence-corrected chi connectivity index (χ2v) is 31.5. The van der Waals surface area contributed by atoms with Gasteiger partial charge in [-0.05, 0) is 283 Å². The second kappa shape index (κ2) is 35.0. The SMILES string of the molecule is CNc1c(I)cc(I)c(C(=O)OCCCOCCOC(COCCOCCC(OC(=O)c2c(I)cc(I)c(NC)c2I)[N+](C)(C)c2c(I)c(NC(C)=O)c(I)c(C(=O)O)c2I)[N+](C)(C)c2c(I)c(NC(C)=O)c(I)c(C(=O)O)c2I)c1I. The molecule has 32 heteroatoms. The number of carboxylic acids is 2. The molecule has 0 radical (unpaired) electrons. The van der Waals surface area contributed by atoms with E-state index in [0.29, 0.717) is 68.9 Å². The van der Waals surface area contributed by atoms with E-state index in [1.54, 1.807) is 14.1 Å². The number of anilines is 4. The lowest BCUT2D eigenvalue weighted by Gasteiger charge is -2.39. The van der Waals surface area contributed by atoms with Crippen molar-refractivity contribution >= 4 is 341 Å². The van der Waals surface area contributed by atoms with E-state index in [0.717, 1.165) is 25.7 Å². The van der Waals surface area contributed by atoms with Crippen molar-refractivity contribution in [1.29, 1.82) is 0 Å². The largest absolute Gasteiger partial charge is 0.478 e. The van der Waals surface area contributed by atoms with Crippen LogP contribution in [-0.4, -0.2) is 154 Å². The van der Waals surface area contributed by atoms with E-state index < -0.39 is 36.3 Å². The zero-order valence-corrected chi connectivity index (χ0v) is 70.5. The summed E-state index contributed by atoms with van der Waals surface area (Å²) in [4.78, 5) is 78.2. The third-order valence-electron chi connectivity index (χ3n) is 12.0. The number of hydrogen-bond acceptors (Lipinski definition) is 14. The van der Waals surface area contributed by atoms with Gasteiger partial charge in [0.15, 0.2) is 11.4 Å². The first-order chi connectivity index (χ1) is 38.3. The maximum Gasteiger partial charge on any atom is 0.344 e. The van der Waals surface area contributed by atoms with Crippen molar-refractivity contribution in [2.75, 3.05) is 116 Å². The van der Waals surface area contributed by atoms with Gasteiger partial charge in [-0.15, -0.1) is 0 Å². The van der Waals surface area contributed by atoms with Crippen LogP contribution in [0.15, 0.2) is 12.1 Å². The van der Waals surface area contributed by atoms with E-state index in [4.69, 9.17) is 28.4 Å². The highest BCUT2D eigenvalue weighted by Crippen LogP contribution is 2.46. The summed E-state index contributed by atoms with van der Waals surface area (Å²) in [5.74, 6) is -4.15. The highest BCUT2D eigenvalue weighted by molar-refractivity contribution is 14.1. The molecule has 20 nitrogen and oxygen atoms in total. The first-order valence-electron chi connectivity index (χ1n) is 23.9. The minimum atomic E-state index is -1.19. The zero-order chi connectivity index (χ0) is 61.9.